The molecule has 2 amide bonds. The second kappa shape index (κ2) is 3.22. The van der Waals surface area contributed by atoms with E-state index >= 15 is 0 Å². The molecule has 0 aromatic carbocycles. The molecule has 1 atom stereocenters. The molecule has 0 spiro atoms. The van der Waals surface area contributed by atoms with Crippen molar-refractivity contribution in [2.24, 2.45) is 0 Å². The summed E-state index contributed by atoms with van der Waals surface area (Å²) in [7, 11) is 0. The lowest BCUT2D eigenvalue weighted by Gasteiger charge is -2.15. The first-order chi connectivity index (χ1) is 7.03. The van der Waals surface area contributed by atoms with E-state index in [1.807, 2.05) is 0 Å². The lowest BCUT2D eigenvalue weighted by molar-refractivity contribution is -0.143. The second-order valence-corrected chi connectivity index (χ2v) is 4.04. The molecule has 6 heteroatoms. The molecule has 0 unspecified atom stereocenters. The Labute approximate surface area is 86.0 Å². The third-order valence-corrected chi connectivity index (χ3v) is 2.83. The summed E-state index contributed by atoms with van der Waals surface area (Å²) in [5.74, 6) is -1.55. The highest BCUT2D eigenvalue weighted by atomic mass is 16.4. The van der Waals surface area contributed by atoms with Crippen molar-refractivity contribution in [1.82, 2.24) is 10.6 Å². The summed E-state index contributed by atoms with van der Waals surface area (Å²) in [5, 5.41) is 13.8. The molecule has 0 aromatic rings. The topological polar surface area (TPSA) is 95.5 Å². The van der Waals surface area contributed by atoms with Gasteiger partial charge in [0.05, 0.1) is 0 Å². The van der Waals surface area contributed by atoms with Crippen LogP contribution in [-0.2, 0) is 14.4 Å². The fourth-order valence-electron chi connectivity index (χ4n) is 1.65. The summed E-state index contributed by atoms with van der Waals surface area (Å²) >= 11 is 0. The van der Waals surface area contributed by atoms with Gasteiger partial charge in [0.15, 0.2) is 0 Å². The van der Waals surface area contributed by atoms with Gasteiger partial charge in [0, 0.05) is 6.42 Å². The molecule has 3 N–H and O–H groups in total. The molecular formula is C9H12N2O4. The zero-order valence-corrected chi connectivity index (χ0v) is 8.08. The fraction of sp³-hybridized carbons (Fsp3) is 0.667. The number of aliphatic carboxylic acids is 1. The summed E-state index contributed by atoms with van der Waals surface area (Å²) in [4.78, 5) is 33.2. The Morgan fingerprint density at radius 2 is 2.13 bits per heavy atom. The van der Waals surface area contributed by atoms with Gasteiger partial charge in [-0.05, 0) is 19.3 Å². The Bertz CT molecular complexity index is 335. The quantitative estimate of drug-likeness (QED) is 0.559. The number of carboxylic acid groups (broad SMARTS) is 1. The first-order valence-electron chi connectivity index (χ1n) is 4.88. The van der Waals surface area contributed by atoms with Crippen molar-refractivity contribution in [1.29, 1.82) is 0 Å². The van der Waals surface area contributed by atoms with Crippen molar-refractivity contribution in [3.05, 3.63) is 0 Å². The van der Waals surface area contributed by atoms with Crippen LogP contribution in [0.25, 0.3) is 0 Å². The van der Waals surface area contributed by atoms with Crippen molar-refractivity contribution in [3.63, 3.8) is 0 Å². The summed E-state index contributed by atoms with van der Waals surface area (Å²) in [5.41, 5.74) is -1.07. The molecule has 2 fully saturated rings. The Hall–Kier alpha value is -1.59. The number of carbonyl (C=O) groups excluding carboxylic acids is 2. The monoisotopic (exact) mass is 212 g/mol. The fourth-order valence-corrected chi connectivity index (χ4v) is 1.65. The summed E-state index contributed by atoms with van der Waals surface area (Å²) in [6, 6.07) is -0.561. The SMILES string of the molecule is O=C1CC[C@@H](C(=O)NC2(C(=O)O)CC2)N1. The minimum atomic E-state index is -1.07. The molecular weight excluding hydrogens is 200 g/mol. The molecule has 15 heavy (non-hydrogen) atoms. The molecule has 2 rings (SSSR count). The Morgan fingerprint density at radius 3 is 2.53 bits per heavy atom. The molecule has 2 aliphatic rings. The Morgan fingerprint density at radius 1 is 1.47 bits per heavy atom. The molecule has 6 nitrogen and oxygen atoms in total. The van der Waals surface area contributed by atoms with Gasteiger partial charge in [-0.2, -0.15) is 0 Å². The zero-order valence-electron chi connectivity index (χ0n) is 8.08. The van der Waals surface area contributed by atoms with Crippen LogP contribution in [0.1, 0.15) is 25.7 Å². The minimum Gasteiger partial charge on any atom is -0.480 e. The Balaban J connectivity index is 1.93. The van der Waals surface area contributed by atoms with E-state index < -0.39 is 17.6 Å². The van der Waals surface area contributed by atoms with Crippen LogP contribution in [0, 0.1) is 0 Å². The number of hydrogen-bond acceptors (Lipinski definition) is 3. The molecule has 1 aliphatic carbocycles. The van der Waals surface area contributed by atoms with Crippen molar-refractivity contribution in [2.75, 3.05) is 0 Å². The van der Waals surface area contributed by atoms with Crippen LogP contribution in [-0.4, -0.2) is 34.5 Å². The predicted molar refractivity (Wildman–Crippen MR) is 48.9 cm³/mol. The van der Waals surface area contributed by atoms with Crippen LogP contribution in [0.4, 0.5) is 0 Å². The average molecular weight is 212 g/mol. The Kier molecular flexibility index (Phi) is 2.13. The van der Waals surface area contributed by atoms with E-state index in [0.717, 1.165) is 0 Å². The molecule has 1 heterocycles. The van der Waals surface area contributed by atoms with Gasteiger partial charge in [-0.15, -0.1) is 0 Å². The van der Waals surface area contributed by atoms with E-state index in [1.54, 1.807) is 0 Å². The van der Waals surface area contributed by atoms with E-state index in [1.165, 1.54) is 0 Å². The number of carboxylic acids is 1. The van der Waals surface area contributed by atoms with Crippen molar-refractivity contribution >= 4 is 17.8 Å². The number of rotatable bonds is 3. The highest BCUT2D eigenvalue weighted by Crippen LogP contribution is 2.35. The van der Waals surface area contributed by atoms with Crippen LogP contribution in [0.3, 0.4) is 0 Å². The van der Waals surface area contributed by atoms with Gasteiger partial charge in [-0.3, -0.25) is 9.59 Å². The first kappa shape index (κ1) is 9.95. The molecule has 0 aromatic heterocycles. The normalized spacial score (nSPS) is 26.9. The highest BCUT2D eigenvalue weighted by molar-refractivity contribution is 5.95. The highest BCUT2D eigenvalue weighted by Gasteiger charge is 2.52. The van der Waals surface area contributed by atoms with Gasteiger partial charge in [-0.1, -0.05) is 0 Å². The lowest BCUT2D eigenvalue weighted by Crippen LogP contribution is -2.50. The van der Waals surface area contributed by atoms with Gasteiger partial charge < -0.3 is 15.7 Å². The first-order valence-corrected chi connectivity index (χ1v) is 4.88. The van der Waals surface area contributed by atoms with Crippen LogP contribution < -0.4 is 10.6 Å². The van der Waals surface area contributed by atoms with E-state index in [9.17, 15) is 14.4 Å². The standard InChI is InChI=1S/C9H12N2O4/c12-6-2-1-5(10-6)7(13)11-9(3-4-9)8(14)15/h5H,1-4H2,(H,10,12)(H,11,13)(H,14,15)/t5-/m0/s1. The molecule has 1 saturated carbocycles. The molecule has 1 aliphatic heterocycles. The molecule has 0 radical (unpaired) electrons. The predicted octanol–water partition coefficient (Wildman–Crippen LogP) is -1.00. The van der Waals surface area contributed by atoms with Crippen LogP contribution in [0.2, 0.25) is 0 Å². The van der Waals surface area contributed by atoms with E-state index in [0.29, 0.717) is 25.7 Å². The van der Waals surface area contributed by atoms with E-state index in [-0.39, 0.29) is 11.8 Å². The van der Waals surface area contributed by atoms with Crippen LogP contribution in [0.15, 0.2) is 0 Å². The number of amides is 2. The number of carbonyl (C=O) groups is 3. The van der Waals surface area contributed by atoms with Crippen molar-refractivity contribution in [2.45, 2.75) is 37.3 Å². The number of hydrogen-bond donors (Lipinski definition) is 3. The van der Waals surface area contributed by atoms with Crippen LogP contribution >= 0.6 is 0 Å². The van der Waals surface area contributed by atoms with E-state index in [4.69, 9.17) is 5.11 Å². The number of nitrogens with one attached hydrogen (secondary N) is 2. The largest absolute Gasteiger partial charge is 0.480 e. The van der Waals surface area contributed by atoms with E-state index in [2.05, 4.69) is 10.6 Å². The van der Waals surface area contributed by atoms with Gasteiger partial charge in [0.1, 0.15) is 11.6 Å². The lowest BCUT2D eigenvalue weighted by atomic mass is 10.2. The molecule has 0 bridgehead atoms. The second-order valence-electron chi connectivity index (χ2n) is 4.04. The maximum absolute atomic E-state index is 11.6. The average Bonchev–Trinajstić information content (AvgIpc) is 2.82. The molecule has 82 valence electrons. The van der Waals surface area contributed by atoms with Crippen molar-refractivity contribution in [3.8, 4) is 0 Å². The zero-order chi connectivity index (χ0) is 11.1. The maximum Gasteiger partial charge on any atom is 0.329 e. The van der Waals surface area contributed by atoms with Gasteiger partial charge >= 0.3 is 5.97 Å². The summed E-state index contributed by atoms with van der Waals surface area (Å²) in [6.45, 7) is 0. The van der Waals surface area contributed by atoms with Gasteiger partial charge in [0.2, 0.25) is 11.8 Å². The third-order valence-electron chi connectivity index (χ3n) is 2.83. The van der Waals surface area contributed by atoms with Gasteiger partial charge in [-0.25, -0.2) is 4.79 Å². The molecule has 1 saturated heterocycles. The third kappa shape index (κ3) is 1.79. The summed E-state index contributed by atoms with van der Waals surface area (Å²) in [6.07, 6.45) is 1.71. The maximum atomic E-state index is 11.6. The van der Waals surface area contributed by atoms with Gasteiger partial charge in [0.25, 0.3) is 0 Å². The summed E-state index contributed by atoms with van der Waals surface area (Å²) < 4.78 is 0. The van der Waals surface area contributed by atoms with Crippen molar-refractivity contribution < 1.29 is 19.5 Å². The van der Waals surface area contributed by atoms with Crippen LogP contribution in [0.5, 0.6) is 0 Å². The smallest absolute Gasteiger partial charge is 0.329 e. The minimum absolute atomic E-state index is 0.157.